The van der Waals surface area contributed by atoms with Crippen LogP contribution in [0.1, 0.15) is 57.6 Å². The molecule has 0 atom stereocenters. The molecule has 1 aromatic heterocycles. The van der Waals surface area contributed by atoms with Crippen molar-refractivity contribution in [3.8, 4) is 0 Å². The number of aromatic amines is 1. The molecule has 1 aromatic carbocycles. The Morgan fingerprint density at radius 1 is 1.16 bits per heavy atom. The van der Waals surface area contributed by atoms with Crippen LogP contribution in [0.5, 0.6) is 0 Å². The zero-order valence-corrected chi connectivity index (χ0v) is 22.2. The van der Waals surface area contributed by atoms with Crippen molar-refractivity contribution in [1.82, 2.24) is 20.9 Å². The number of ether oxygens (including phenoxy) is 1. The quantitative estimate of drug-likeness (QED) is 0.246. The normalized spacial score (nSPS) is 19.2. The number of aryl methyl sites for hydroxylation is 1. The number of nitrogens with zero attached hydrogens (tertiary/aromatic N) is 1. The van der Waals surface area contributed by atoms with Crippen molar-refractivity contribution in [1.29, 1.82) is 0 Å². The standard InChI is InChI=1S/C24H37N5O2.HI/c1-16-7-6-8-20-17(15-27-21(16)20)13-14-26-22(25-5)28-18-9-11-19(12-10-18)29-23(30)31-24(2,3)4;/h6-8,15,18-19,27H,9-14H2,1-5H3,(H,29,30)(H2,25,26,28);1H. The Hall–Kier alpha value is -1.97. The van der Waals surface area contributed by atoms with Crippen molar-refractivity contribution in [3.63, 3.8) is 0 Å². The van der Waals surface area contributed by atoms with E-state index in [-0.39, 0.29) is 36.1 Å². The summed E-state index contributed by atoms with van der Waals surface area (Å²) in [5.41, 5.74) is 3.34. The van der Waals surface area contributed by atoms with Crippen molar-refractivity contribution in [2.24, 2.45) is 4.99 Å². The highest BCUT2D eigenvalue weighted by molar-refractivity contribution is 14.0. The van der Waals surface area contributed by atoms with E-state index in [9.17, 15) is 4.79 Å². The number of amides is 1. The zero-order valence-electron chi connectivity index (χ0n) is 19.9. The first-order valence-electron chi connectivity index (χ1n) is 11.3. The van der Waals surface area contributed by atoms with Crippen molar-refractivity contribution in [2.45, 2.75) is 77.5 Å². The number of aliphatic imine (C=N–C) groups is 1. The molecule has 0 aliphatic heterocycles. The maximum atomic E-state index is 12.0. The van der Waals surface area contributed by atoms with Gasteiger partial charge in [0.1, 0.15) is 5.60 Å². The molecule has 1 amide bonds. The fraction of sp³-hybridized carbons (Fsp3) is 0.583. The molecule has 1 fully saturated rings. The molecule has 8 heteroatoms. The lowest BCUT2D eigenvalue weighted by molar-refractivity contribution is 0.0490. The number of H-pyrrole nitrogens is 1. The van der Waals surface area contributed by atoms with Crippen LogP contribution in [0, 0.1) is 6.92 Å². The Bertz CT molecular complexity index is 911. The summed E-state index contributed by atoms with van der Waals surface area (Å²) in [4.78, 5) is 19.7. The molecule has 4 N–H and O–H groups in total. The van der Waals surface area contributed by atoms with Gasteiger partial charge in [-0.2, -0.15) is 0 Å². The lowest BCUT2D eigenvalue weighted by Gasteiger charge is -2.31. The Kier molecular flexibility index (Phi) is 9.66. The summed E-state index contributed by atoms with van der Waals surface area (Å²) in [6.07, 6.45) is 6.55. The van der Waals surface area contributed by atoms with Gasteiger partial charge in [-0.3, -0.25) is 4.99 Å². The molecule has 1 heterocycles. The molecule has 0 radical (unpaired) electrons. The predicted molar refractivity (Wildman–Crippen MR) is 142 cm³/mol. The van der Waals surface area contributed by atoms with E-state index in [1.165, 1.54) is 22.0 Å². The van der Waals surface area contributed by atoms with Gasteiger partial charge in [-0.1, -0.05) is 18.2 Å². The monoisotopic (exact) mass is 555 g/mol. The van der Waals surface area contributed by atoms with Crippen LogP contribution in [0.15, 0.2) is 29.4 Å². The maximum absolute atomic E-state index is 12.0. The molecule has 3 rings (SSSR count). The highest BCUT2D eigenvalue weighted by Crippen LogP contribution is 2.22. The van der Waals surface area contributed by atoms with Gasteiger partial charge in [0.25, 0.3) is 0 Å². The van der Waals surface area contributed by atoms with Crippen LogP contribution in [0.2, 0.25) is 0 Å². The minimum atomic E-state index is -0.466. The summed E-state index contributed by atoms with van der Waals surface area (Å²) in [6.45, 7) is 8.59. The van der Waals surface area contributed by atoms with Crippen LogP contribution in [0.4, 0.5) is 4.79 Å². The van der Waals surface area contributed by atoms with Crippen molar-refractivity contribution in [3.05, 3.63) is 35.5 Å². The number of carbonyl (C=O) groups is 1. The number of halogens is 1. The van der Waals surface area contributed by atoms with Gasteiger partial charge in [-0.15, -0.1) is 24.0 Å². The lowest BCUT2D eigenvalue weighted by Crippen LogP contribution is -2.48. The Balaban J connectivity index is 0.00000363. The van der Waals surface area contributed by atoms with Gasteiger partial charge in [0.2, 0.25) is 0 Å². The van der Waals surface area contributed by atoms with Crippen LogP contribution >= 0.6 is 24.0 Å². The van der Waals surface area contributed by atoms with Gasteiger partial charge in [-0.25, -0.2) is 4.79 Å². The minimum Gasteiger partial charge on any atom is -0.444 e. The average Bonchev–Trinajstić information content (AvgIpc) is 3.11. The highest BCUT2D eigenvalue weighted by Gasteiger charge is 2.25. The molecular weight excluding hydrogens is 517 g/mol. The van der Waals surface area contributed by atoms with E-state index in [4.69, 9.17) is 4.74 Å². The third-order valence-corrected chi connectivity index (χ3v) is 5.71. The number of rotatable bonds is 5. The number of aromatic nitrogens is 1. The first kappa shape index (κ1) is 26.3. The van der Waals surface area contributed by atoms with Gasteiger partial charge >= 0.3 is 6.09 Å². The molecule has 2 aromatic rings. The molecule has 0 spiro atoms. The van der Waals surface area contributed by atoms with Gasteiger partial charge < -0.3 is 25.7 Å². The number of carbonyl (C=O) groups excluding carboxylic acids is 1. The molecule has 0 unspecified atom stereocenters. The van der Waals surface area contributed by atoms with Gasteiger partial charge in [0, 0.05) is 42.8 Å². The molecule has 1 aliphatic carbocycles. The zero-order chi connectivity index (χ0) is 22.4. The maximum Gasteiger partial charge on any atom is 0.407 e. The summed E-state index contributed by atoms with van der Waals surface area (Å²) in [6, 6.07) is 6.94. The molecule has 7 nitrogen and oxygen atoms in total. The number of benzene rings is 1. The predicted octanol–water partition coefficient (Wildman–Crippen LogP) is 4.64. The second kappa shape index (κ2) is 11.8. The number of fused-ring (bicyclic) bond motifs is 1. The molecule has 0 bridgehead atoms. The molecule has 0 saturated heterocycles. The van der Waals surface area contributed by atoms with Gasteiger partial charge in [0.15, 0.2) is 5.96 Å². The minimum absolute atomic E-state index is 0. The second-order valence-corrected chi connectivity index (χ2v) is 9.40. The topological polar surface area (TPSA) is 90.5 Å². The van der Waals surface area contributed by atoms with Crippen molar-refractivity contribution in [2.75, 3.05) is 13.6 Å². The Morgan fingerprint density at radius 2 is 1.81 bits per heavy atom. The van der Waals surface area contributed by atoms with Crippen LogP contribution in [-0.2, 0) is 11.2 Å². The summed E-state index contributed by atoms with van der Waals surface area (Å²) in [5, 5.41) is 11.3. The van der Waals surface area contributed by atoms with Crippen molar-refractivity contribution < 1.29 is 9.53 Å². The largest absolute Gasteiger partial charge is 0.444 e. The van der Waals surface area contributed by atoms with Crippen molar-refractivity contribution >= 4 is 46.9 Å². The number of para-hydroxylation sites is 1. The number of hydrogen-bond acceptors (Lipinski definition) is 3. The molecule has 1 aliphatic rings. The first-order chi connectivity index (χ1) is 14.7. The molecule has 1 saturated carbocycles. The van der Waals surface area contributed by atoms with E-state index in [1.807, 2.05) is 20.8 Å². The Morgan fingerprint density at radius 3 is 2.44 bits per heavy atom. The average molecular weight is 556 g/mol. The first-order valence-corrected chi connectivity index (χ1v) is 11.3. The highest BCUT2D eigenvalue weighted by atomic mass is 127. The lowest BCUT2D eigenvalue weighted by atomic mass is 9.91. The van der Waals surface area contributed by atoms with E-state index in [0.717, 1.165) is 44.6 Å². The van der Waals surface area contributed by atoms with E-state index >= 15 is 0 Å². The molecule has 32 heavy (non-hydrogen) atoms. The summed E-state index contributed by atoms with van der Waals surface area (Å²) in [5.74, 6) is 0.833. The van der Waals surface area contributed by atoms with Crippen LogP contribution in [0.3, 0.4) is 0 Å². The molecule has 178 valence electrons. The summed E-state index contributed by atoms with van der Waals surface area (Å²) in [7, 11) is 1.81. The van der Waals surface area contributed by atoms with E-state index < -0.39 is 5.60 Å². The van der Waals surface area contributed by atoms with Gasteiger partial charge in [0.05, 0.1) is 0 Å². The van der Waals surface area contributed by atoms with E-state index in [0.29, 0.717) is 6.04 Å². The van der Waals surface area contributed by atoms with E-state index in [1.54, 1.807) is 7.05 Å². The SMILES string of the molecule is CN=C(NCCc1c[nH]c2c(C)cccc12)NC1CCC(NC(=O)OC(C)(C)C)CC1.I. The van der Waals surface area contributed by atoms with E-state index in [2.05, 4.69) is 57.2 Å². The number of hydrogen-bond donors (Lipinski definition) is 4. The third-order valence-electron chi connectivity index (χ3n) is 5.71. The van der Waals surface area contributed by atoms with Crippen LogP contribution < -0.4 is 16.0 Å². The van der Waals surface area contributed by atoms with Gasteiger partial charge in [-0.05, 0) is 70.9 Å². The Labute approximate surface area is 208 Å². The fourth-order valence-corrected chi connectivity index (χ4v) is 4.13. The smallest absolute Gasteiger partial charge is 0.407 e. The van der Waals surface area contributed by atoms with Crippen LogP contribution in [-0.4, -0.2) is 48.3 Å². The van der Waals surface area contributed by atoms with Crippen LogP contribution in [0.25, 0.3) is 10.9 Å². The molecular formula is C24H38IN5O2. The fourth-order valence-electron chi connectivity index (χ4n) is 4.13. The summed E-state index contributed by atoms with van der Waals surface area (Å²) >= 11 is 0. The third kappa shape index (κ3) is 7.56. The number of nitrogens with one attached hydrogen (secondary N) is 4. The summed E-state index contributed by atoms with van der Waals surface area (Å²) < 4.78 is 5.36. The number of guanidine groups is 1. The number of alkyl carbamates (subject to hydrolysis) is 1. The second-order valence-electron chi connectivity index (χ2n) is 9.40.